The number of amides is 1. The monoisotopic (exact) mass is 365 g/mol. The van der Waals surface area contributed by atoms with Gasteiger partial charge in [-0.25, -0.2) is 5.48 Å². The quantitative estimate of drug-likeness (QED) is 0.272. The third-order valence-corrected chi connectivity index (χ3v) is 4.23. The summed E-state index contributed by atoms with van der Waals surface area (Å²) in [7, 11) is 4.06. The second-order valence-corrected chi connectivity index (χ2v) is 6.43. The molecule has 0 unspecified atom stereocenters. The van der Waals surface area contributed by atoms with Crippen molar-refractivity contribution in [2.75, 3.05) is 30.9 Å². The van der Waals surface area contributed by atoms with Gasteiger partial charge >= 0.3 is 0 Å². The van der Waals surface area contributed by atoms with Crippen molar-refractivity contribution < 1.29 is 10.0 Å². The van der Waals surface area contributed by atoms with E-state index in [1.54, 1.807) is 11.6 Å². The zero-order valence-corrected chi connectivity index (χ0v) is 15.8. The lowest BCUT2D eigenvalue weighted by molar-refractivity contribution is -0.124. The highest BCUT2D eigenvalue weighted by molar-refractivity contribution is 5.86. The molecule has 1 atom stereocenters. The number of rotatable bonds is 9. The van der Waals surface area contributed by atoms with Crippen LogP contribution in [0.4, 0.5) is 11.4 Å². The van der Waals surface area contributed by atoms with E-state index in [4.69, 9.17) is 5.21 Å². The molecule has 0 aliphatic heterocycles. The van der Waals surface area contributed by atoms with Gasteiger partial charge in [-0.1, -0.05) is 48.6 Å². The number of allylic oxidation sites excluding steroid dienone is 3. The van der Waals surface area contributed by atoms with Gasteiger partial charge in [0.1, 0.15) is 0 Å². The van der Waals surface area contributed by atoms with Gasteiger partial charge in [0.25, 0.3) is 5.91 Å². The Morgan fingerprint density at radius 2 is 1.78 bits per heavy atom. The van der Waals surface area contributed by atoms with Crippen molar-refractivity contribution in [1.82, 2.24) is 5.48 Å². The summed E-state index contributed by atoms with van der Waals surface area (Å²) in [4.78, 5) is 13.1. The maximum atomic E-state index is 11.0. The first kappa shape index (κ1) is 20.3. The molecule has 0 aliphatic rings. The topological polar surface area (TPSA) is 64.6 Å². The summed E-state index contributed by atoms with van der Waals surface area (Å²) in [6, 6.07) is 18.7. The molecule has 0 spiro atoms. The molecular formula is C22H27N3O2. The Bertz CT molecular complexity index is 753. The van der Waals surface area contributed by atoms with Crippen LogP contribution in [0.25, 0.3) is 0 Å². The normalized spacial score (nSPS) is 12.3. The number of carbonyl (C=O) groups is 1. The first-order chi connectivity index (χ1) is 13.1. The molecule has 0 bridgehead atoms. The minimum Gasteiger partial charge on any atom is -0.384 e. The SMILES string of the molecule is CN(C)c1ccc([C@H](CC=CC=CC(=O)NO)CNc2ccccc2)cc1. The minimum absolute atomic E-state index is 0.290. The van der Waals surface area contributed by atoms with Crippen LogP contribution in [0.5, 0.6) is 0 Å². The Kier molecular flexibility index (Phi) is 8.13. The van der Waals surface area contributed by atoms with Gasteiger partial charge in [0.05, 0.1) is 0 Å². The standard InChI is InChI=1S/C22H27N3O2/c1-25(2)21-15-13-18(14-16-21)19(9-5-3-8-12-22(26)24-27)17-23-20-10-6-4-7-11-20/h3-8,10-16,19,23,27H,9,17H2,1-2H3,(H,24,26)/t19-/m1/s1. The van der Waals surface area contributed by atoms with E-state index in [1.165, 1.54) is 17.3 Å². The number of hydrogen-bond donors (Lipinski definition) is 3. The molecular weight excluding hydrogens is 338 g/mol. The van der Waals surface area contributed by atoms with E-state index in [0.717, 1.165) is 18.7 Å². The predicted molar refractivity (Wildman–Crippen MR) is 111 cm³/mol. The summed E-state index contributed by atoms with van der Waals surface area (Å²) in [6.07, 6.45) is 7.56. The molecule has 0 aliphatic carbocycles. The van der Waals surface area contributed by atoms with E-state index < -0.39 is 5.91 Å². The Balaban J connectivity index is 2.06. The van der Waals surface area contributed by atoms with Crippen molar-refractivity contribution >= 4 is 17.3 Å². The maximum Gasteiger partial charge on any atom is 0.267 e. The summed E-state index contributed by atoms with van der Waals surface area (Å²) in [5.41, 5.74) is 5.09. The molecule has 5 heteroatoms. The molecule has 1 amide bonds. The largest absolute Gasteiger partial charge is 0.384 e. The van der Waals surface area contributed by atoms with Crippen LogP contribution in [0.2, 0.25) is 0 Å². The number of para-hydroxylation sites is 1. The maximum absolute atomic E-state index is 11.0. The van der Waals surface area contributed by atoms with E-state index in [9.17, 15) is 4.79 Å². The van der Waals surface area contributed by atoms with Crippen molar-refractivity contribution in [2.45, 2.75) is 12.3 Å². The number of hydrogen-bond acceptors (Lipinski definition) is 4. The molecule has 2 aromatic carbocycles. The van der Waals surface area contributed by atoms with Gasteiger partial charge in [-0.3, -0.25) is 10.0 Å². The molecule has 2 aromatic rings. The van der Waals surface area contributed by atoms with Crippen LogP contribution >= 0.6 is 0 Å². The fourth-order valence-electron chi connectivity index (χ4n) is 2.68. The molecule has 0 saturated heterocycles. The Morgan fingerprint density at radius 1 is 1.07 bits per heavy atom. The third kappa shape index (κ3) is 6.99. The Morgan fingerprint density at radius 3 is 2.41 bits per heavy atom. The average Bonchev–Trinajstić information content (AvgIpc) is 2.70. The van der Waals surface area contributed by atoms with Gasteiger partial charge in [-0.2, -0.15) is 0 Å². The summed E-state index contributed by atoms with van der Waals surface area (Å²) in [6.45, 7) is 0.802. The number of hydroxylamine groups is 1. The van der Waals surface area contributed by atoms with E-state index >= 15 is 0 Å². The Hall–Kier alpha value is -3.05. The highest BCUT2D eigenvalue weighted by Gasteiger charge is 2.10. The zero-order valence-electron chi connectivity index (χ0n) is 15.8. The van der Waals surface area contributed by atoms with Crippen LogP contribution in [0.3, 0.4) is 0 Å². The summed E-state index contributed by atoms with van der Waals surface area (Å²) < 4.78 is 0. The second kappa shape index (κ2) is 10.8. The molecule has 0 saturated carbocycles. The number of carbonyl (C=O) groups excluding carboxylic acids is 1. The van der Waals surface area contributed by atoms with Crippen LogP contribution in [0.1, 0.15) is 17.9 Å². The number of nitrogens with zero attached hydrogens (tertiary/aromatic N) is 1. The van der Waals surface area contributed by atoms with E-state index in [2.05, 4.69) is 46.6 Å². The van der Waals surface area contributed by atoms with Crippen LogP contribution in [-0.2, 0) is 4.79 Å². The molecule has 2 rings (SSSR count). The fourth-order valence-corrected chi connectivity index (χ4v) is 2.68. The van der Waals surface area contributed by atoms with E-state index in [-0.39, 0.29) is 5.92 Å². The van der Waals surface area contributed by atoms with E-state index in [0.29, 0.717) is 0 Å². The lowest BCUT2D eigenvalue weighted by atomic mass is 9.95. The average molecular weight is 365 g/mol. The molecule has 3 N–H and O–H groups in total. The van der Waals surface area contributed by atoms with Crippen LogP contribution in [0, 0.1) is 0 Å². The lowest BCUT2D eigenvalue weighted by Crippen LogP contribution is -2.14. The highest BCUT2D eigenvalue weighted by atomic mass is 16.5. The zero-order chi connectivity index (χ0) is 19.5. The second-order valence-electron chi connectivity index (χ2n) is 6.43. The molecule has 142 valence electrons. The fraction of sp³-hybridized carbons (Fsp3) is 0.227. The molecule has 0 heterocycles. The van der Waals surface area contributed by atoms with Crippen molar-refractivity contribution in [3.05, 3.63) is 84.5 Å². The first-order valence-electron chi connectivity index (χ1n) is 8.93. The number of nitrogens with one attached hydrogen (secondary N) is 2. The smallest absolute Gasteiger partial charge is 0.267 e. The lowest BCUT2D eigenvalue weighted by Gasteiger charge is -2.19. The molecule has 5 nitrogen and oxygen atoms in total. The van der Waals surface area contributed by atoms with Crippen molar-refractivity contribution in [1.29, 1.82) is 0 Å². The molecule has 0 aromatic heterocycles. The van der Waals surface area contributed by atoms with Crippen LogP contribution in [0.15, 0.2) is 78.9 Å². The van der Waals surface area contributed by atoms with Gasteiger partial charge in [0.2, 0.25) is 0 Å². The first-order valence-corrected chi connectivity index (χ1v) is 8.93. The van der Waals surface area contributed by atoms with Crippen molar-refractivity contribution in [2.24, 2.45) is 0 Å². The Labute approximate surface area is 161 Å². The van der Waals surface area contributed by atoms with Gasteiger partial charge in [-0.15, -0.1) is 0 Å². The number of benzene rings is 2. The third-order valence-electron chi connectivity index (χ3n) is 4.23. The predicted octanol–water partition coefficient (Wildman–Crippen LogP) is 3.96. The molecule has 0 fully saturated rings. The van der Waals surface area contributed by atoms with Crippen molar-refractivity contribution in [3.63, 3.8) is 0 Å². The van der Waals surface area contributed by atoms with Crippen LogP contribution < -0.4 is 15.7 Å². The summed E-state index contributed by atoms with van der Waals surface area (Å²) in [5.74, 6) is -0.251. The van der Waals surface area contributed by atoms with Gasteiger partial charge in [-0.05, 0) is 36.2 Å². The van der Waals surface area contributed by atoms with Crippen molar-refractivity contribution in [3.8, 4) is 0 Å². The minimum atomic E-state index is -0.541. The number of anilines is 2. The van der Waals surface area contributed by atoms with Gasteiger partial charge < -0.3 is 10.2 Å². The van der Waals surface area contributed by atoms with Gasteiger partial charge in [0.15, 0.2) is 0 Å². The molecule has 0 radical (unpaired) electrons. The van der Waals surface area contributed by atoms with Crippen LogP contribution in [-0.4, -0.2) is 31.8 Å². The molecule has 27 heavy (non-hydrogen) atoms. The summed E-state index contributed by atoms with van der Waals surface area (Å²) >= 11 is 0. The highest BCUT2D eigenvalue weighted by Crippen LogP contribution is 2.24. The summed E-state index contributed by atoms with van der Waals surface area (Å²) in [5, 5.41) is 12.0. The van der Waals surface area contributed by atoms with E-state index in [1.807, 2.05) is 44.4 Å². The van der Waals surface area contributed by atoms with Gasteiger partial charge in [0, 0.05) is 44.0 Å².